The predicted molar refractivity (Wildman–Crippen MR) is 71.5 cm³/mol. The number of fused-ring (bicyclic) bond motifs is 1. The van der Waals surface area contributed by atoms with Gasteiger partial charge in [-0.2, -0.15) is 5.10 Å². The molecule has 1 aliphatic carbocycles. The molecule has 2 heterocycles. The van der Waals surface area contributed by atoms with Crippen LogP contribution in [-0.4, -0.2) is 15.7 Å². The van der Waals surface area contributed by atoms with E-state index in [-0.39, 0.29) is 0 Å². The third-order valence-corrected chi connectivity index (χ3v) is 3.58. The molecule has 1 aliphatic rings. The number of anilines is 1. The summed E-state index contributed by atoms with van der Waals surface area (Å²) in [5, 5.41) is 7.42. The van der Waals surface area contributed by atoms with E-state index >= 15 is 0 Å². The van der Waals surface area contributed by atoms with Gasteiger partial charge in [-0.3, -0.25) is 5.43 Å². The predicted octanol–water partition coefficient (Wildman–Crippen LogP) is 3.20. The van der Waals surface area contributed by atoms with Gasteiger partial charge in [0.1, 0.15) is 11.2 Å². The molecule has 0 fully saturated rings. The average Bonchev–Trinajstić information content (AvgIpc) is 2.94. The van der Waals surface area contributed by atoms with Crippen molar-refractivity contribution in [1.82, 2.24) is 9.97 Å². The Morgan fingerprint density at radius 2 is 2.29 bits per heavy atom. The molecule has 0 unspecified atom stereocenters. The second kappa shape index (κ2) is 4.25. The first-order valence-corrected chi connectivity index (χ1v) is 6.39. The van der Waals surface area contributed by atoms with Crippen molar-refractivity contribution in [1.29, 1.82) is 0 Å². The van der Waals surface area contributed by atoms with Crippen LogP contribution >= 0.6 is 11.3 Å². The molecule has 86 valence electrons. The Labute approximate surface area is 103 Å². The van der Waals surface area contributed by atoms with Crippen LogP contribution in [0.1, 0.15) is 19.8 Å². The standard InChI is InChI=1S/C12H12N4S/c1-8-2-3-9(6-8)15-16-11-10-4-5-17-12(10)14-7-13-11/h4-7H,2-3H2,1H3,(H,13,14,16). The minimum atomic E-state index is 0.779. The van der Waals surface area contributed by atoms with E-state index in [0.29, 0.717) is 0 Å². The van der Waals surface area contributed by atoms with Crippen molar-refractivity contribution in [2.45, 2.75) is 19.8 Å². The zero-order chi connectivity index (χ0) is 11.7. The molecule has 0 aliphatic heterocycles. The quantitative estimate of drug-likeness (QED) is 0.825. The Balaban J connectivity index is 1.88. The van der Waals surface area contributed by atoms with Crippen molar-refractivity contribution in [3.05, 3.63) is 29.4 Å². The lowest BCUT2D eigenvalue weighted by atomic mass is 10.3. The summed E-state index contributed by atoms with van der Waals surface area (Å²) >= 11 is 1.61. The molecule has 1 N–H and O–H groups in total. The molecule has 0 aromatic carbocycles. The van der Waals surface area contributed by atoms with Gasteiger partial charge in [0.25, 0.3) is 0 Å². The van der Waals surface area contributed by atoms with Crippen molar-refractivity contribution < 1.29 is 0 Å². The monoisotopic (exact) mass is 244 g/mol. The second-order valence-electron chi connectivity index (χ2n) is 4.07. The molecule has 4 nitrogen and oxygen atoms in total. The molecular weight excluding hydrogens is 232 g/mol. The number of hydrogen-bond acceptors (Lipinski definition) is 5. The summed E-state index contributed by atoms with van der Waals surface area (Å²) < 4.78 is 0. The second-order valence-corrected chi connectivity index (χ2v) is 4.96. The van der Waals surface area contributed by atoms with Crippen LogP contribution in [0.15, 0.2) is 34.5 Å². The van der Waals surface area contributed by atoms with Gasteiger partial charge in [0, 0.05) is 0 Å². The first-order valence-electron chi connectivity index (χ1n) is 5.51. The summed E-state index contributed by atoms with van der Waals surface area (Å²) in [6.07, 6.45) is 5.81. The van der Waals surface area contributed by atoms with Crippen LogP contribution in [0.5, 0.6) is 0 Å². The molecule has 0 atom stereocenters. The van der Waals surface area contributed by atoms with E-state index in [1.165, 1.54) is 5.57 Å². The molecule has 0 spiro atoms. The van der Waals surface area contributed by atoms with Crippen LogP contribution in [0, 0.1) is 0 Å². The minimum Gasteiger partial charge on any atom is -0.260 e. The van der Waals surface area contributed by atoms with Gasteiger partial charge in [-0.05, 0) is 37.3 Å². The van der Waals surface area contributed by atoms with Gasteiger partial charge >= 0.3 is 0 Å². The molecule has 2 aromatic heterocycles. The molecule has 3 rings (SSSR count). The van der Waals surface area contributed by atoms with Crippen molar-refractivity contribution >= 4 is 33.1 Å². The van der Waals surface area contributed by atoms with Gasteiger partial charge in [0.2, 0.25) is 0 Å². The van der Waals surface area contributed by atoms with Gasteiger partial charge in [-0.15, -0.1) is 11.3 Å². The van der Waals surface area contributed by atoms with Gasteiger partial charge in [0.05, 0.1) is 11.1 Å². The van der Waals surface area contributed by atoms with E-state index in [0.717, 1.165) is 34.6 Å². The normalized spacial score (nSPS) is 17.7. The summed E-state index contributed by atoms with van der Waals surface area (Å²) in [7, 11) is 0. The average molecular weight is 244 g/mol. The van der Waals surface area contributed by atoms with E-state index in [9.17, 15) is 0 Å². The number of hydrazone groups is 1. The fourth-order valence-corrected chi connectivity index (χ4v) is 2.58. The largest absolute Gasteiger partial charge is 0.260 e. The lowest BCUT2D eigenvalue weighted by molar-refractivity contribution is 1.05. The van der Waals surface area contributed by atoms with E-state index in [1.54, 1.807) is 17.7 Å². The SMILES string of the molecule is CC1=CC(=NNc2ncnc3sccc23)CC1. The number of rotatable bonds is 2. The highest BCUT2D eigenvalue weighted by atomic mass is 32.1. The molecule has 2 aromatic rings. The summed E-state index contributed by atoms with van der Waals surface area (Å²) in [6, 6.07) is 2.01. The molecule has 17 heavy (non-hydrogen) atoms. The Bertz CT molecular complexity index is 612. The first-order chi connectivity index (χ1) is 8.33. The summed E-state index contributed by atoms with van der Waals surface area (Å²) in [5.74, 6) is 0.779. The Kier molecular flexibility index (Phi) is 2.60. The van der Waals surface area contributed by atoms with Crippen molar-refractivity contribution in [3.8, 4) is 0 Å². The highest BCUT2D eigenvalue weighted by Crippen LogP contribution is 2.24. The van der Waals surface area contributed by atoms with Crippen LogP contribution in [0.2, 0.25) is 0 Å². The summed E-state index contributed by atoms with van der Waals surface area (Å²) in [4.78, 5) is 9.40. The molecular formula is C12H12N4S. The Morgan fingerprint density at radius 1 is 1.35 bits per heavy atom. The Hall–Kier alpha value is -1.75. The maximum Gasteiger partial charge on any atom is 0.158 e. The maximum atomic E-state index is 4.38. The smallest absolute Gasteiger partial charge is 0.158 e. The number of hydrogen-bond donors (Lipinski definition) is 1. The number of allylic oxidation sites excluding steroid dienone is 2. The zero-order valence-corrected chi connectivity index (χ0v) is 10.3. The number of nitrogens with zero attached hydrogens (tertiary/aromatic N) is 3. The highest BCUT2D eigenvalue weighted by molar-refractivity contribution is 7.16. The zero-order valence-electron chi connectivity index (χ0n) is 9.47. The fraction of sp³-hybridized carbons (Fsp3) is 0.250. The minimum absolute atomic E-state index is 0.779. The van der Waals surface area contributed by atoms with E-state index in [2.05, 4.69) is 33.5 Å². The molecule has 0 bridgehead atoms. The van der Waals surface area contributed by atoms with Crippen molar-refractivity contribution in [2.75, 3.05) is 5.43 Å². The van der Waals surface area contributed by atoms with Crippen LogP contribution in [0.3, 0.4) is 0 Å². The lowest BCUT2D eigenvalue weighted by Crippen LogP contribution is -1.98. The van der Waals surface area contributed by atoms with Gasteiger partial charge in [-0.1, -0.05) is 5.57 Å². The molecule has 0 saturated heterocycles. The fourth-order valence-electron chi connectivity index (χ4n) is 1.85. The van der Waals surface area contributed by atoms with Gasteiger partial charge < -0.3 is 0 Å². The summed E-state index contributed by atoms with van der Waals surface area (Å²) in [5.41, 5.74) is 5.51. The first kappa shape index (κ1) is 10.4. The Morgan fingerprint density at radius 3 is 3.12 bits per heavy atom. The molecule has 0 saturated carbocycles. The van der Waals surface area contributed by atoms with Gasteiger partial charge in [0.15, 0.2) is 5.82 Å². The third-order valence-electron chi connectivity index (χ3n) is 2.76. The topological polar surface area (TPSA) is 50.2 Å². The van der Waals surface area contributed by atoms with Crippen molar-refractivity contribution in [2.24, 2.45) is 5.10 Å². The molecule has 5 heteroatoms. The van der Waals surface area contributed by atoms with E-state index < -0.39 is 0 Å². The van der Waals surface area contributed by atoms with Crippen LogP contribution in [0.4, 0.5) is 5.82 Å². The van der Waals surface area contributed by atoms with Crippen LogP contribution in [-0.2, 0) is 0 Å². The summed E-state index contributed by atoms with van der Waals surface area (Å²) in [6.45, 7) is 2.13. The number of thiophene rings is 1. The van der Waals surface area contributed by atoms with Crippen LogP contribution in [0.25, 0.3) is 10.2 Å². The number of aromatic nitrogens is 2. The third kappa shape index (κ3) is 2.06. The van der Waals surface area contributed by atoms with Crippen molar-refractivity contribution in [3.63, 3.8) is 0 Å². The van der Waals surface area contributed by atoms with Crippen LogP contribution < -0.4 is 5.43 Å². The molecule has 0 amide bonds. The maximum absolute atomic E-state index is 4.38. The van der Waals surface area contributed by atoms with E-state index in [4.69, 9.17) is 0 Å². The highest BCUT2D eigenvalue weighted by Gasteiger charge is 2.07. The number of nitrogens with one attached hydrogen (secondary N) is 1. The molecule has 0 radical (unpaired) electrons. The lowest BCUT2D eigenvalue weighted by Gasteiger charge is -2.01. The van der Waals surface area contributed by atoms with Gasteiger partial charge in [-0.25, -0.2) is 9.97 Å². The van der Waals surface area contributed by atoms with E-state index in [1.807, 2.05) is 11.4 Å².